The molecule has 0 fully saturated rings. The van der Waals surface area contributed by atoms with Crippen LogP contribution in [-0.4, -0.2) is 46.8 Å². The molecule has 0 aliphatic carbocycles. The number of nitrogens with one attached hydrogen (secondary N) is 2. The predicted octanol–water partition coefficient (Wildman–Crippen LogP) is -0.000200. The smallest absolute Gasteiger partial charge is 0.326 e. The number of nitrogens with two attached hydrogens (primary N) is 1. The number of hydrogen-bond acceptors (Lipinski definition) is 5. The van der Waals surface area contributed by atoms with Gasteiger partial charge in [-0.2, -0.15) is 12.6 Å². The van der Waals surface area contributed by atoms with E-state index in [9.17, 15) is 14.4 Å². The number of hydrogen-bond donors (Lipinski definition) is 5. The van der Waals surface area contributed by atoms with Crippen LogP contribution in [0.25, 0.3) is 0 Å². The van der Waals surface area contributed by atoms with Crippen LogP contribution in [0.15, 0.2) is 0 Å². The van der Waals surface area contributed by atoms with E-state index in [1.54, 1.807) is 13.8 Å². The van der Waals surface area contributed by atoms with Gasteiger partial charge in [0.25, 0.3) is 0 Å². The van der Waals surface area contributed by atoms with Gasteiger partial charge in [-0.15, -0.1) is 0 Å². The molecule has 0 unspecified atom stereocenters. The second-order valence-electron chi connectivity index (χ2n) is 5.72. The summed E-state index contributed by atoms with van der Waals surface area (Å²) < 4.78 is 0. The van der Waals surface area contributed by atoms with Crippen molar-refractivity contribution in [1.82, 2.24) is 10.6 Å². The van der Waals surface area contributed by atoms with Crippen LogP contribution >= 0.6 is 12.6 Å². The average Bonchev–Trinajstić information content (AvgIpc) is 2.47. The van der Waals surface area contributed by atoms with Crippen LogP contribution in [0.4, 0.5) is 0 Å². The summed E-state index contributed by atoms with van der Waals surface area (Å²) in [6.07, 6.45) is 0.737. The Morgan fingerprint density at radius 1 is 1.14 bits per heavy atom. The number of carbonyl (C=O) groups excluding carboxylic acids is 2. The Kier molecular flexibility index (Phi) is 9.12. The van der Waals surface area contributed by atoms with E-state index in [0.717, 1.165) is 6.42 Å². The molecule has 0 aromatic rings. The number of thiol groups is 1. The number of amides is 2. The molecule has 0 bridgehead atoms. The quantitative estimate of drug-likeness (QED) is 0.380. The molecule has 8 heteroatoms. The maximum Gasteiger partial charge on any atom is 0.326 e. The van der Waals surface area contributed by atoms with E-state index in [1.165, 1.54) is 0 Å². The molecule has 0 rings (SSSR count). The highest BCUT2D eigenvalue weighted by molar-refractivity contribution is 7.80. The summed E-state index contributed by atoms with van der Waals surface area (Å²) in [5, 5.41) is 14.0. The van der Waals surface area contributed by atoms with Crippen molar-refractivity contribution in [2.75, 3.05) is 5.75 Å². The molecule has 4 atom stereocenters. The van der Waals surface area contributed by atoms with Crippen molar-refractivity contribution in [2.24, 2.45) is 17.6 Å². The molecule has 22 heavy (non-hydrogen) atoms. The molecule has 0 radical (unpaired) electrons. The van der Waals surface area contributed by atoms with Crippen LogP contribution in [0.2, 0.25) is 0 Å². The van der Waals surface area contributed by atoms with Gasteiger partial charge in [0.2, 0.25) is 11.8 Å². The summed E-state index contributed by atoms with van der Waals surface area (Å²) in [5.41, 5.74) is 5.81. The Morgan fingerprint density at radius 3 is 2.05 bits per heavy atom. The van der Waals surface area contributed by atoms with E-state index < -0.39 is 35.9 Å². The van der Waals surface area contributed by atoms with Crippen molar-refractivity contribution < 1.29 is 19.5 Å². The summed E-state index contributed by atoms with van der Waals surface area (Å²) in [6.45, 7) is 7.14. The Morgan fingerprint density at radius 2 is 1.68 bits per heavy atom. The molecular weight excluding hydrogens is 306 g/mol. The second kappa shape index (κ2) is 9.68. The Labute approximate surface area is 136 Å². The highest BCUT2D eigenvalue weighted by Gasteiger charge is 2.29. The Bertz CT molecular complexity index is 404. The van der Waals surface area contributed by atoms with Gasteiger partial charge in [0, 0.05) is 5.75 Å². The lowest BCUT2D eigenvalue weighted by molar-refractivity contribution is -0.143. The molecule has 128 valence electrons. The molecule has 2 amide bonds. The lowest BCUT2D eigenvalue weighted by Gasteiger charge is -2.24. The summed E-state index contributed by atoms with van der Waals surface area (Å²) in [4.78, 5) is 35.2. The van der Waals surface area contributed by atoms with Gasteiger partial charge < -0.3 is 21.5 Å². The predicted molar refractivity (Wildman–Crippen MR) is 87.6 cm³/mol. The molecule has 7 nitrogen and oxygen atoms in total. The highest BCUT2D eigenvalue weighted by Crippen LogP contribution is 2.06. The number of rotatable bonds is 9. The molecule has 5 N–H and O–H groups in total. The number of carbonyl (C=O) groups is 3. The third-order valence-electron chi connectivity index (χ3n) is 3.61. The van der Waals surface area contributed by atoms with Crippen molar-refractivity contribution in [3.8, 4) is 0 Å². The van der Waals surface area contributed by atoms with Crippen molar-refractivity contribution in [2.45, 2.75) is 52.2 Å². The van der Waals surface area contributed by atoms with E-state index in [4.69, 9.17) is 10.8 Å². The van der Waals surface area contributed by atoms with Crippen molar-refractivity contribution in [3.05, 3.63) is 0 Å². The SMILES string of the molecule is CC[C@H](C)[C@H](N)C(=O)N[C@@H](CS)C(=O)N[C@H](C(=O)O)C(C)C. The van der Waals surface area contributed by atoms with Gasteiger partial charge in [-0.25, -0.2) is 4.79 Å². The van der Waals surface area contributed by atoms with Gasteiger partial charge in [0.15, 0.2) is 0 Å². The highest BCUT2D eigenvalue weighted by atomic mass is 32.1. The van der Waals surface area contributed by atoms with E-state index in [0.29, 0.717) is 0 Å². The molecule has 0 spiro atoms. The zero-order chi connectivity index (χ0) is 17.4. The summed E-state index contributed by atoms with van der Waals surface area (Å²) >= 11 is 4.03. The molecule has 0 saturated carbocycles. The van der Waals surface area contributed by atoms with E-state index >= 15 is 0 Å². The first-order valence-corrected chi connectivity index (χ1v) is 7.98. The zero-order valence-electron chi connectivity index (χ0n) is 13.5. The Hall–Kier alpha value is -1.28. The van der Waals surface area contributed by atoms with Gasteiger partial charge in [-0.1, -0.05) is 34.1 Å². The number of aliphatic carboxylic acids is 1. The zero-order valence-corrected chi connectivity index (χ0v) is 14.4. The van der Waals surface area contributed by atoms with Gasteiger partial charge >= 0.3 is 5.97 Å². The largest absolute Gasteiger partial charge is 0.480 e. The second-order valence-corrected chi connectivity index (χ2v) is 6.09. The van der Waals surface area contributed by atoms with Crippen molar-refractivity contribution in [1.29, 1.82) is 0 Å². The van der Waals surface area contributed by atoms with E-state index in [-0.39, 0.29) is 17.6 Å². The van der Waals surface area contributed by atoms with Gasteiger partial charge in [0.1, 0.15) is 12.1 Å². The van der Waals surface area contributed by atoms with E-state index in [2.05, 4.69) is 23.3 Å². The summed E-state index contributed by atoms with van der Waals surface area (Å²) in [5.74, 6) is -2.40. The minimum atomic E-state index is -1.12. The molecular formula is C14H27N3O4S. The van der Waals surface area contributed by atoms with Crippen LogP contribution in [0.1, 0.15) is 34.1 Å². The fourth-order valence-electron chi connectivity index (χ4n) is 1.74. The lowest BCUT2D eigenvalue weighted by atomic mass is 9.99. The minimum Gasteiger partial charge on any atom is -0.480 e. The van der Waals surface area contributed by atoms with Crippen LogP contribution in [-0.2, 0) is 14.4 Å². The monoisotopic (exact) mass is 333 g/mol. The van der Waals surface area contributed by atoms with Crippen LogP contribution in [0.5, 0.6) is 0 Å². The molecule has 0 aromatic heterocycles. The molecule has 0 aliphatic heterocycles. The molecule has 0 saturated heterocycles. The van der Waals surface area contributed by atoms with E-state index in [1.807, 2.05) is 13.8 Å². The number of carboxylic acid groups (broad SMARTS) is 1. The maximum atomic E-state index is 12.1. The van der Waals surface area contributed by atoms with Gasteiger partial charge in [-0.05, 0) is 11.8 Å². The van der Waals surface area contributed by atoms with Crippen molar-refractivity contribution >= 4 is 30.4 Å². The van der Waals surface area contributed by atoms with Crippen LogP contribution < -0.4 is 16.4 Å². The number of carboxylic acids is 1. The van der Waals surface area contributed by atoms with Crippen LogP contribution in [0, 0.1) is 11.8 Å². The Balaban J connectivity index is 4.79. The topological polar surface area (TPSA) is 122 Å². The standard InChI is InChI=1S/C14H27N3O4S/c1-5-8(4)10(15)13(19)16-9(6-22)12(18)17-11(7(2)3)14(20)21/h7-11,22H,5-6,15H2,1-4H3,(H,16,19)(H,17,18)(H,20,21)/t8-,9-,10-,11-/m0/s1. The maximum absolute atomic E-state index is 12.1. The lowest BCUT2D eigenvalue weighted by Crippen LogP contribution is -2.56. The van der Waals surface area contributed by atoms with Gasteiger partial charge in [0.05, 0.1) is 6.04 Å². The fraction of sp³-hybridized carbons (Fsp3) is 0.786. The fourth-order valence-corrected chi connectivity index (χ4v) is 2.00. The third-order valence-corrected chi connectivity index (χ3v) is 3.97. The molecule has 0 aromatic carbocycles. The summed E-state index contributed by atoms with van der Waals surface area (Å²) in [7, 11) is 0. The third kappa shape index (κ3) is 6.23. The first-order chi connectivity index (χ1) is 10.1. The average molecular weight is 333 g/mol. The minimum absolute atomic E-state index is 0.0222. The van der Waals surface area contributed by atoms with Crippen molar-refractivity contribution in [3.63, 3.8) is 0 Å². The first kappa shape index (κ1) is 20.7. The normalized spacial score (nSPS) is 16.5. The molecule has 0 aliphatic rings. The summed E-state index contributed by atoms with van der Waals surface area (Å²) in [6, 6.07) is -2.66. The van der Waals surface area contributed by atoms with Gasteiger partial charge in [-0.3, -0.25) is 9.59 Å². The first-order valence-electron chi connectivity index (χ1n) is 7.35. The molecule has 0 heterocycles. The van der Waals surface area contributed by atoms with Crippen LogP contribution in [0.3, 0.4) is 0 Å².